The lowest BCUT2D eigenvalue weighted by atomic mass is 10.2. The number of carbonyl (C=O) groups is 1. The molecule has 2 rings (SSSR count). The summed E-state index contributed by atoms with van der Waals surface area (Å²) in [5.74, 6) is 1.23. The molecule has 0 saturated carbocycles. The number of carbonyl (C=O) groups excluding carboxylic acids is 1. The highest BCUT2D eigenvalue weighted by Crippen LogP contribution is 2.19. The van der Waals surface area contributed by atoms with E-state index in [2.05, 4.69) is 20.2 Å². The van der Waals surface area contributed by atoms with E-state index in [1.54, 1.807) is 6.07 Å². The average Bonchev–Trinajstić information content (AvgIpc) is 2.74. The zero-order valence-electron chi connectivity index (χ0n) is 12.1. The summed E-state index contributed by atoms with van der Waals surface area (Å²) in [6.07, 6.45) is 1.91. The van der Waals surface area contributed by atoms with E-state index in [-0.39, 0.29) is 12.1 Å². The van der Waals surface area contributed by atoms with Crippen LogP contribution in [0.1, 0.15) is 27.2 Å². The number of ether oxygens (including phenoxy) is 1. The fourth-order valence-electron chi connectivity index (χ4n) is 2.09. The highest BCUT2D eigenvalue weighted by molar-refractivity contribution is 5.68. The van der Waals surface area contributed by atoms with Crippen molar-refractivity contribution < 1.29 is 9.53 Å². The number of amides is 1. The first-order valence-electron chi connectivity index (χ1n) is 6.65. The number of nitrogens with zero attached hydrogens (tertiary/aromatic N) is 3. The summed E-state index contributed by atoms with van der Waals surface area (Å²) in [6.45, 7) is 7.04. The van der Waals surface area contributed by atoms with Crippen molar-refractivity contribution in [3.8, 4) is 0 Å². The van der Waals surface area contributed by atoms with Gasteiger partial charge in [-0.2, -0.15) is 0 Å². The van der Waals surface area contributed by atoms with E-state index < -0.39 is 5.60 Å². The van der Waals surface area contributed by atoms with E-state index in [1.807, 2.05) is 20.8 Å². The van der Waals surface area contributed by atoms with E-state index in [0.29, 0.717) is 12.4 Å². The van der Waals surface area contributed by atoms with Gasteiger partial charge in [-0.25, -0.2) is 14.8 Å². The summed E-state index contributed by atoms with van der Waals surface area (Å²) in [6, 6.07) is 1.79. The van der Waals surface area contributed by atoms with E-state index in [1.165, 1.54) is 6.33 Å². The Hall–Kier alpha value is -2.05. The number of nitrogens with two attached hydrogens (primary N) is 1. The van der Waals surface area contributed by atoms with Crippen LogP contribution in [-0.4, -0.2) is 40.8 Å². The summed E-state index contributed by atoms with van der Waals surface area (Å²) in [5.41, 5.74) is 5.16. The third kappa shape index (κ3) is 3.97. The maximum atomic E-state index is 11.7. The lowest BCUT2D eigenvalue weighted by Crippen LogP contribution is -2.40. The van der Waals surface area contributed by atoms with Crippen LogP contribution in [0.2, 0.25) is 0 Å². The predicted molar refractivity (Wildman–Crippen MR) is 76.4 cm³/mol. The molecular weight excluding hydrogens is 258 g/mol. The fourth-order valence-corrected chi connectivity index (χ4v) is 2.09. The van der Waals surface area contributed by atoms with Crippen LogP contribution in [0.25, 0.3) is 0 Å². The second kappa shape index (κ2) is 5.52. The number of aromatic nitrogens is 2. The molecule has 0 aromatic carbocycles. The molecule has 7 heteroatoms. The van der Waals surface area contributed by atoms with E-state index in [0.717, 1.165) is 18.8 Å². The molecule has 1 amide bonds. The number of nitrogens with one attached hydrogen (secondary N) is 1. The quantitative estimate of drug-likeness (QED) is 0.844. The Morgan fingerprint density at radius 1 is 1.50 bits per heavy atom. The number of hydrogen-bond acceptors (Lipinski definition) is 6. The normalized spacial score (nSPS) is 18.9. The highest BCUT2D eigenvalue weighted by atomic mass is 16.6. The molecule has 7 nitrogen and oxygen atoms in total. The molecular formula is C13H21N5O2. The standard InChI is InChI=1S/C13H21N5O2/c1-13(2,3)20-12(19)17-9-4-5-18(7-9)11-6-10(14)15-8-16-11/h6,8-9H,4-5,7H2,1-3H3,(H,17,19)(H2,14,15,16). The van der Waals surface area contributed by atoms with Crippen molar-refractivity contribution in [3.63, 3.8) is 0 Å². The van der Waals surface area contributed by atoms with Crippen molar-refractivity contribution in [1.29, 1.82) is 0 Å². The molecule has 1 fully saturated rings. The molecule has 0 radical (unpaired) electrons. The second-order valence-electron chi connectivity index (χ2n) is 5.88. The highest BCUT2D eigenvalue weighted by Gasteiger charge is 2.26. The molecule has 1 aliphatic rings. The van der Waals surface area contributed by atoms with Gasteiger partial charge < -0.3 is 20.7 Å². The first-order chi connectivity index (χ1) is 9.33. The Kier molecular flexibility index (Phi) is 3.96. The Bertz CT molecular complexity index is 486. The molecule has 3 N–H and O–H groups in total. The SMILES string of the molecule is CC(C)(C)OC(=O)NC1CCN(c2cc(N)ncn2)C1. The Labute approximate surface area is 118 Å². The maximum Gasteiger partial charge on any atom is 0.407 e. The van der Waals surface area contributed by atoms with Gasteiger partial charge in [0.2, 0.25) is 0 Å². The van der Waals surface area contributed by atoms with Crippen LogP contribution in [0, 0.1) is 0 Å². The van der Waals surface area contributed by atoms with Gasteiger partial charge in [-0.05, 0) is 27.2 Å². The lowest BCUT2D eigenvalue weighted by molar-refractivity contribution is 0.0509. The van der Waals surface area contributed by atoms with Crippen molar-refractivity contribution in [3.05, 3.63) is 12.4 Å². The molecule has 0 bridgehead atoms. The molecule has 1 saturated heterocycles. The first kappa shape index (κ1) is 14.4. The number of alkyl carbamates (subject to hydrolysis) is 1. The minimum Gasteiger partial charge on any atom is -0.444 e. The van der Waals surface area contributed by atoms with Crippen molar-refractivity contribution >= 4 is 17.7 Å². The summed E-state index contributed by atoms with van der Waals surface area (Å²) < 4.78 is 5.25. The summed E-state index contributed by atoms with van der Waals surface area (Å²) in [5, 5.41) is 2.87. The van der Waals surface area contributed by atoms with E-state index in [9.17, 15) is 4.79 Å². The zero-order chi connectivity index (χ0) is 14.8. The molecule has 1 aromatic heterocycles. The number of nitrogen functional groups attached to an aromatic ring is 1. The minimum absolute atomic E-state index is 0.0565. The third-order valence-electron chi connectivity index (χ3n) is 2.91. The Morgan fingerprint density at radius 2 is 2.25 bits per heavy atom. The topological polar surface area (TPSA) is 93.4 Å². The third-order valence-corrected chi connectivity index (χ3v) is 2.91. The Balaban J connectivity index is 1.88. The van der Waals surface area contributed by atoms with Crippen LogP contribution in [0.5, 0.6) is 0 Å². The fraction of sp³-hybridized carbons (Fsp3) is 0.615. The Morgan fingerprint density at radius 3 is 2.90 bits per heavy atom. The number of anilines is 2. The molecule has 1 aromatic rings. The minimum atomic E-state index is -0.483. The van der Waals surface area contributed by atoms with Gasteiger partial charge in [-0.3, -0.25) is 0 Å². The zero-order valence-corrected chi connectivity index (χ0v) is 12.1. The van der Waals surface area contributed by atoms with Crippen LogP contribution in [-0.2, 0) is 4.74 Å². The van der Waals surface area contributed by atoms with Crippen molar-refractivity contribution in [2.45, 2.75) is 38.8 Å². The summed E-state index contributed by atoms with van der Waals surface area (Å²) in [4.78, 5) is 21.8. The lowest BCUT2D eigenvalue weighted by Gasteiger charge is -2.22. The van der Waals surface area contributed by atoms with Crippen molar-refractivity contribution in [2.75, 3.05) is 23.7 Å². The van der Waals surface area contributed by atoms with E-state index in [4.69, 9.17) is 10.5 Å². The molecule has 0 spiro atoms. The summed E-state index contributed by atoms with van der Waals surface area (Å²) >= 11 is 0. The average molecular weight is 279 g/mol. The van der Waals surface area contributed by atoms with Crippen LogP contribution in [0.15, 0.2) is 12.4 Å². The molecule has 2 heterocycles. The molecule has 0 aliphatic carbocycles. The molecule has 110 valence electrons. The van der Waals surface area contributed by atoms with Crippen molar-refractivity contribution in [1.82, 2.24) is 15.3 Å². The van der Waals surface area contributed by atoms with Gasteiger partial charge in [0, 0.05) is 19.2 Å². The summed E-state index contributed by atoms with van der Waals surface area (Å²) in [7, 11) is 0. The smallest absolute Gasteiger partial charge is 0.407 e. The molecule has 20 heavy (non-hydrogen) atoms. The van der Waals surface area contributed by atoms with Gasteiger partial charge in [0.25, 0.3) is 0 Å². The van der Waals surface area contributed by atoms with Gasteiger partial charge in [0.05, 0.1) is 6.04 Å². The largest absolute Gasteiger partial charge is 0.444 e. The van der Waals surface area contributed by atoms with Crippen LogP contribution in [0.3, 0.4) is 0 Å². The van der Waals surface area contributed by atoms with Gasteiger partial charge in [-0.1, -0.05) is 0 Å². The van der Waals surface area contributed by atoms with Gasteiger partial charge in [-0.15, -0.1) is 0 Å². The second-order valence-corrected chi connectivity index (χ2v) is 5.88. The predicted octanol–water partition coefficient (Wildman–Crippen LogP) is 1.16. The van der Waals surface area contributed by atoms with Crippen LogP contribution < -0.4 is 16.0 Å². The number of rotatable bonds is 2. The molecule has 1 aliphatic heterocycles. The van der Waals surface area contributed by atoms with Gasteiger partial charge in [0.1, 0.15) is 23.6 Å². The number of hydrogen-bond donors (Lipinski definition) is 2. The molecule has 1 unspecified atom stereocenters. The van der Waals surface area contributed by atoms with E-state index >= 15 is 0 Å². The van der Waals surface area contributed by atoms with Crippen LogP contribution in [0.4, 0.5) is 16.4 Å². The van der Waals surface area contributed by atoms with Crippen molar-refractivity contribution in [2.24, 2.45) is 0 Å². The molecule has 1 atom stereocenters. The van der Waals surface area contributed by atoms with Gasteiger partial charge in [0.15, 0.2) is 0 Å². The monoisotopic (exact) mass is 279 g/mol. The van der Waals surface area contributed by atoms with Gasteiger partial charge >= 0.3 is 6.09 Å². The first-order valence-corrected chi connectivity index (χ1v) is 6.65. The van der Waals surface area contributed by atoms with Crippen LogP contribution >= 0.6 is 0 Å². The maximum absolute atomic E-state index is 11.7.